The highest BCUT2D eigenvalue weighted by atomic mass is 19.1. The second-order valence-electron chi connectivity index (χ2n) is 6.23. The number of fused-ring (bicyclic) bond motifs is 1. The van der Waals surface area contributed by atoms with Crippen molar-refractivity contribution in [2.45, 2.75) is 13.0 Å². The van der Waals surface area contributed by atoms with E-state index in [-0.39, 0.29) is 23.2 Å². The lowest BCUT2D eigenvalue weighted by Gasteiger charge is -2.17. The number of nitrogens with one attached hydrogen (secondary N) is 1. The lowest BCUT2D eigenvalue weighted by Crippen LogP contribution is -2.15. The lowest BCUT2D eigenvalue weighted by atomic mass is 10.2. The summed E-state index contributed by atoms with van der Waals surface area (Å²) >= 11 is 0. The molecule has 28 heavy (non-hydrogen) atoms. The highest BCUT2D eigenvalue weighted by molar-refractivity contribution is 5.78. The Kier molecular flexibility index (Phi) is 4.33. The molecular weight excluding hydrogens is 357 g/mol. The van der Waals surface area contributed by atoms with Gasteiger partial charge in [0.1, 0.15) is 41.2 Å². The first-order chi connectivity index (χ1) is 13.6. The van der Waals surface area contributed by atoms with Crippen molar-refractivity contribution in [3.63, 3.8) is 0 Å². The minimum atomic E-state index is -0.350. The number of aromatic nitrogens is 4. The van der Waals surface area contributed by atoms with E-state index in [4.69, 9.17) is 5.73 Å². The number of para-hydroxylation sites is 1. The third-order valence-electron chi connectivity index (χ3n) is 4.39. The number of benzene rings is 2. The number of anilines is 2. The average molecular weight is 373 g/mol. The van der Waals surface area contributed by atoms with Crippen molar-refractivity contribution >= 4 is 22.7 Å². The number of halogens is 1. The van der Waals surface area contributed by atoms with Gasteiger partial charge in [0.15, 0.2) is 0 Å². The Morgan fingerprint density at radius 1 is 1.18 bits per heavy atom. The van der Waals surface area contributed by atoms with E-state index < -0.39 is 0 Å². The fourth-order valence-corrected chi connectivity index (χ4v) is 3.09. The van der Waals surface area contributed by atoms with Gasteiger partial charge in [-0.05, 0) is 31.2 Å². The third kappa shape index (κ3) is 2.99. The van der Waals surface area contributed by atoms with Crippen LogP contribution in [0.1, 0.15) is 24.4 Å². The van der Waals surface area contributed by atoms with Gasteiger partial charge >= 0.3 is 0 Å². The quantitative estimate of drug-likeness (QED) is 0.566. The van der Waals surface area contributed by atoms with Gasteiger partial charge in [-0.3, -0.25) is 4.57 Å². The smallest absolute Gasteiger partial charge is 0.150 e. The van der Waals surface area contributed by atoms with E-state index in [1.165, 1.54) is 18.5 Å². The molecule has 0 aliphatic carbocycles. The number of hydrogen-bond acceptors (Lipinski definition) is 6. The van der Waals surface area contributed by atoms with Crippen LogP contribution in [-0.4, -0.2) is 19.5 Å². The summed E-state index contributed by atoms with van der Waals surface area (Å²) in [5, 5.41) is 12.5. The van der Waals surface area contributed by atoms with Gasteiger partial charge in [-0.15, -0.1) is 0 Å². The van der Waals surface area contributed by atoms with E-state index >= 15 is 0 Å². The van der Waals surface area contributed by atoms with Crippen LogP contribution >= 0.6 is 0 Å². The van der Waals surface area contributed by atoms with E-state index in [0.717, 1.165) is 5.69 Å². The second-order valence-corrected chi connectivity index (χ2v) is 6.23. The summed E-state index contributed by atoms with van der Waals surface area (Å²) in [7, 11) is 0. The van der Waals surface area contributed by atoms with Crippen LogP contribution in [0.5, 0.6) is 0 Å². The van der Waals surface area contributed by atoms with Gasteiger partial charge in [0, 0.05) is 11.8 Å². The normalized spacial score (nSPS) is 11.9. The molecule has 4 rings (SSSR count). The summed E-state index contributed by atoms with van der Waals surface area (Å²) in [6, 6.07) is 15.7. The van der Waals surface area contributed by atoms with Gasteiger partial charge in [-0.1, -0.05) is 18.2 Å². The minimum Gasteiger partial charge on any atom is -0.382 e. The molecule has 2 heterocycles. The summed E-state index contributed by atoms with van der Waals surface area (Å²) in [6.07, 6.45) is 1.29. The number of nitrogens with two attached hydrogens (primary N) is 1. The first-order valence-corrected chi connectivity index (χ1v) is 8.59. The summed E-state index contributed by atoms with van der Waals surface area (Å²) in [5.41, 5.74) is 8.10. The van der Waals surface area contributed by atoms with Crippen LogP contribution in [0.25, 0.3) is 16.7 Å². The van der Waals surface area contributed by atoms with E-state index in [0.29, 0.717) is 22.7 Å². The van der Waals surface area contributed by atoms with Crippen LogP contribution in [0.4, 0.5) is 16.0 Å². The van der Waals surface area contributed by atoms with E-state index in [9.17, 15) is 9.65 Å². The molecule has 0 radical (unpaired) electrons. The molecule has 2 aromatic heterocycles. The molecule has 0 amide bonds. The molecule has 0 aliphatic heterocycles. The minimum absolute atomic E-state index is 0.103. The summed E-state index contributed by atoms with van der Waals surface area (Å²) < 4.78 is 15.8. The van der Waals surface area contributed by atoms with E-state index in [2.05, 4.69) is 20.3 Å². The Hall–Kier alpha value is -3.99. The maximum atomic E-state index is 13.9. The van der Waals surface area contributed by atoms with Crippen molar-refractivity contribution < 1.29 is 4.39 Å². The van der Waals surface area contributed by atoms with Crippen molar-refractivity contribution in [2.24, 2.45) is 0 Å². The summed E-state index contributed by atoms with van der Waals surface area (Å²) in [5.74, 6) is 0.728. The highest BCUT2D eigenvalue weighted by Crippen LogP contribution is 2.28. The fraction of sp³-hybridized carbons (Fsp3) is 0.100. The molecule has 0 spiro atoms. The lowest BCUT2D eigenvalue weighted by molar-refractivity contribution is 0.629. The zero-order chi connectivity index (χ0) is 19.7. The van der Waals surface area contributed by atoms with Gasteiger partial charge in [0.25, 0.3) is 0 Å². The zero-order valence-corrected chi connectivity index (χ0v) is 15.0. The first kappa shape index (κ1) is 17.4. The predicted molar refractivity (Wildman–Crippen MR) is 104 cm³/mol. The highest BCUT2D eigenvalue weighted by Gasteiger charge is 2.20. The molecule has 7 nitrogen and oxygen atoms in total. The maximum absolute atomic E-state index is 13.9. The summed E-state index contributed by atoms with van der Waals surface area (Å²) in [4.78, 5) is 12.6. The molecule has 1 atom stereocenters. The van der Waals surface area contributed by atoms with Crippen LogP contribution in [0, 0.1) is 17.1 Å². The third-order valence-corrected chi connectivity index (χ3v) is 4.39. The van der Waals surface area contributed by atoms with Crippen LogP contribution in [0.2, 0.25) is 0 Å². The van der Waals surface area contributed by atoms with Crippen molar-refractivity contribution in [3.05, 3.63) is 72.1 Å². The molecule has 0 aliphatic rings. The molecule has 4 aromatic rings. The number of nitriles is 1. The number of nitrogens with zero attached hydrogens (tertiary/aromatic N) is 5. The number of imidazole rings is 1. The molecule has 0 bridgehead atoms. The average Bonchev–Trinajstić information content (AvgIpc) is 3.07. The van der Waals surface area contributed by atoms with Gasteiger partial charge in [0.2, 0.25) is 0 Å². The Morgan fingerprint density at radius 3 is 2.71 bits per heavy atom. The first-order valence-electron chi connectivity index (χ1n) is 8.59. The Balaban J connectivity index is 1.85. The van der Waals surface area contributed by atoms with Crippen molar-refractivity contribution in [1.29, 1.82) is 5.26 Å². The summed E-state index contributed by atoms with van der Waals surface area (Å²) in [6.45, 7) is 1.89. The monoisotopic (exact) mass is 373 g/mol. The van der Waals surface area contributed by atoms with Crippen molar-refractivity contribution in [1.82, 2.24) is 19.5 Å². The van der Waals surface area contributed by atoms with Gasteiger partial charge < -0.3 is 11.1 Å². The SMILES string of the molecule is C[C@H](Nc1ncnc(N)c1C#N)c1nc2ccc(F)cc2n1-c1ccccc1. The molecule has 2 aromatic carbocycles. The number of hydrogen-bond donors (Lipinski definition) is 2. The van der Waals surface area contributed by atoms with Crippen molar-refractivity contribution in [2.75, 3.05) is 11.1 Å². The largest absolute Gasteiger partial charge is 0.382 e. The maximum Gasteiger partial charge on any atom is 0.150 e. The predicted octanol–water partition coefficient (Wildman–Crippen LogP) is 3.58. The Bertz CT molecular complexity index is 1190. The van der Waals surface area contributed by atoms with Gasteiger partial charge in [-0.25, -0.2) is 19.3 Å². The number of rotatable bonds is 4. The van der Waals surface area contributed by atoms with Crippen LogP contribution in [0.15, 0.2) is 54.9 Å². The molecule has 0 fully saturated rings. The number of nitrogen functional groups attached to an aromatic ring is 1. The molecule has 0 unspecified atom stereocenters. The van der Waals surface area contributed by atoms with Crippen molar-refractivity contribution in [3.8, 4) is 11.8 Å². The molecule has 138 valence electrons. The van der Waals surface area contributed by atoms with Gasteiger partial charge in [0.05, 0.1) is 17.1 Å². The fourth-order valence-electron chi connectivity index (χ4n) is 3.09. The van der Waals surface area contributed by atoms with Gasteiger partial charge in [-0.2, -0.15) is 5.26 Å². The van der Waals surface area contributed by atoms with E-state index in [1.54, 1.807) is 6.07 Å². The molecule has 0 saturated heterocycles. The standard InChI is InChI=1S/C20H16FN7/c1-12(26-19-15(10-22)18(23)24-11-25-19)20-27-16-8-7-13(21)9-17(16)28(20)14-5-3-2-4-6-14/h2-9,11-12H,1H3,(H3,23,24,25,26)/t12-/m0/s1. The molecule has 8 heteroatoms. The van der Waals surface area contributed by atoms with Crippen LogP contribution in [0.3, 0.4) is 0 Å². The Labute approximate surface area is 160 Å². The Morgan fingerprint density at radius 2 is 1.96 bits per heavy atom. The molecule has 3 N–H and O–H groups in total. The topological polar surface area (TPSA) is 105 Å². The molecule has 0 saturated carbocycles. The van der Waals surface area contributed by atoms with Crippen LogP contribution < -0.4 is 11.1 Å². The van der Waals surface area contributed by atoms with Crippen LogP contribution in [-0.2, 0) is 0 Å². The van der Waals surface area contributed by atoms with E-state index in [1.807, 2.05) is 47.9 Å². The zero-order valence-electron chi connectivity index (χ0n) is 15.0. The molecular formula is C20H16FN7. The second kappa shape index (κ2) is 6.96.